The van der Waals surface area contributed by atoms with Crippen molar-refractivity contribution >= 4 is 11.6 Å². The molecule has 0 aliphatic carbocycles. The van der Waals surface area contributed by atoms with Crippen molar-refractivity contribution in [3.63, 3.8) is 0 Å². The van der Waals surface area contributed by atoms with Gasteiger partial charge in [0.1, 0.15) is 12.7 Å². The maximum Gasteiger partial charge on any atom is 0.238 e. The van der Waals surface area contributed by atoms with Gasteiger partial charge in [-0.3, -0.25) is 9.69 Å². The number of likely N-dealkylation sites (tertiary alicyclic amines) is 1. The zero-order valence-corrected chi connectivity index (χ0v) is 18.4. The molecule has 1 amide bonds. The molecule has 2 unspecified atom stereocenters. The van der Waals surface area contributed by atoms with Crippen LogP contribution in [0.2, 0.25) is 0 Å². The number of aliphatic hydroxyl groups excluding tert-OH is 1. The molecule has 1 saturated heterocycles. The Kier molecular flexibility index (Phi) is 6.52. The average Bonchev–Trinajstić information content (AvgIpc) is 3.31. The number of amides is 1. The minimum Gasteiger partial charge on any atom is -0.486 e. The molecule has 3 aliphatic heterocycles. The van der Waals surface area contributed by atoms with Gasteiger partial charge in [0.15, 0.2) is 29.1 Å². The number of carbonyl (C=O) groups is 1. The quantitative estimate of drug-likeness (QED) is 0.579. The van der Waals surface area contributed by atoms with Crippen LogP contribution in [0.5, 0.6) is 23.0 Å². The van der Waals surface area contributed by atoms with E-state index in [0.29, 0.717) is 54.4 Å². The number of hydrogen-bond donors (Lipinski definition) is 3. The first-order valence-electron chi connectivity index (χ1n) is 11.4. The van der Waals surface area contributed by atoms with Gasteiger partial charge in [0.25, 0.3) is 0 Å². The summed E-state index contributed by atoms with van der Waals surface area (Å²) in [6, 6.07) is 13.2. The van der Waals surface area contributed by atoms with Gasteiger partial charge in [-0.15, -0.1) is 0 Å². The number of ether oxygens (including phenoxy) is 4. The first-order chi connectivity index (χ1) is 16.1. The highest BCUT2D eigenvalue weighted by Crippen LogP contribution is 2.34. The predicted octanol–water partition coefficient (Wildman–Crippen LogP) is 1.61. The first kappa shape index (κ1) is 21.8. The number of para-hydroxylation sites is 2. The van der Waals surface area contributed by atoms with E-state index < -0.39 is 12.2 Å². The van der Waals surface area contributed by atoms with Gasteiger partial charge in [0.2, 0.25) is 12.7 Å². The Bertz CT molecular complexity index is 978. The Morgan fingerprint density at radius 1 is 1.03 bits per heavy atom. The summed E-state index contributed by atoms with van der Waals surface area (Å²) in [5.74, 6) is 2.67. The lowest BCUT2D eigenvalue weighted by Gasteiger charge is -2.34. The van der Waals surface area contributed by atoms with Crippen LogP contribution in [0.1, 0.15) is 12.8 Å². The normalized spacial score (nSPS) is 20.9. The van der Waals surface area contributed by atoms with E-state index in [2.05, 4.69) is 15.5 Å². The van der Waals surface area contributed by atoms with Crippen molar-refractivity contribution in [3.05, 3.63) is 42.5 Å². The Balaban J connectivity index is 1.01. The fourth-order valence-corrected chi connectivity index (χ4v) is 4.32. The van der Waals surface area contributed by atoms with E-state index in [1.807, 2.05) is 30.3 Å². The number of carbonyl (C=O) groups excluding carboxylic acids is 1. The molecule has 3 aliphatic rings. The lowest BCUT2D eigenvalue weighted by molar-refractivity contribution is -0.117. The van der Waals surface area contributed by atoms with Crippen molar-refractivity contribution in [1.29, 1.82) is 0 Å². The third kappa shape index (κ3) is 5.32. The van der Waals surface area contributed by atoms with Crippen LogP contribution in [-0.2, 0) is 4.79 Å². The number of nitrogens with zero attached hydrogens (tertiary/aromatic N) is 1. The topological polar surface area (TPSA) is 102 Å². The molecule has 3 N–H and O–H groups in total. The van der Waals surface area contributed by atoms with E-state index in [0.717, 1.165) is 25.9 Å². The number of aliphatic hydroxyl groups is 1. The molecule has 33 heavy (non-hydrogen) atoms. The molecule has 0 aromatic heterocycles. The molecule has 2 atom stereocenters. The van der Waals surface area contributed by atoms with Crippen molar-refractivity contribution in [3.8, 4) is 23.0 Å². The molecule has 0 spiro atoms. The highest BCUT2D eigenvalue weighted by molar-refractivity contribution is 5.92. The number of anilines is 1. The van der Waals surface area contributed by atoms with Gasteiger partial charge in [-0.05, 0) is 37.1 Å². The summed E-state index contributed by atoms with van der Waals surface area (Å²) in [7, 11) is 0. The fraction of sp³-hybridized carbons (Fsp3) is 0.458. The Morgan fingerprint density at radius 2 is 1.79 bits per heavy atom. The summed E-state index contributed by atoms with van der Waals surface area (Å²) >= 11 is 0. The molecule has 3 heterocycles. The highest BCUT2D eigenvalue weighted by atomic mass is 16.7. The van der Waals surface area contributed by atoms with Crippen molar-refractivity contribution < 1.29 is 28.8 Å². The van der Waals surface area contributed by atoms with Crippen LogP contribution in [0.4, 0.5) is 5.69 Å². The molecule has 9 nitrogen and oxygen atoms in total. The van der Waals surface area contributed by atoms with Crippen LogP contribution in [0.3, 0.4) is 0 Å². The molecule has 0 bridgehead atoms. The van der Waals surface area contributed by atoms with Gasteiger partial charge in [-0.25, -0.2) is 0 Å². The minimum absolute atomic E-state index is 0.0505. The Hall–Kier alpha value is -3.01. The van der Waals surface area contributed by atoms with Crippen LogP contribution in [0.15, 0.2) is 42.5 Å². The van der Waals surface area contributed by atoms with Crippen molar-refractivity contribution in [2.45, 2.75) is 31.1 Å². The first-order valence-corrected chi connectivity index (χ1v) is 11.4. The molecule has 2 aromatic rings. The second-order valence-corrected chi connectivity index (χ2v) is 8.56. The lowest BCUT2D eigenvalue weighted by Crippen LogP contribution is -2.50. The summed E-state index contributed by atoms with van der Waals surface area (Å²) in [4.78, 5) is 14.6. The van der Waals surface area contributed by atoms with Crippen molar-refractivity contribution in [1.82, 2.24) is 10.2 Å². The van der Waals surface area contributed by atoms with Gasteiger partial charge >= 0.3 is 0 Å². The molecular formula is C24H29N3O6. The second-order valence-electron chi connectivity index (χ2n) is 8.56. The molecule has 0 saturated carbocycles. The summed E-state index contributed by atoms with van der Waals surface area (Å²) in [6.45, 7) is 2.96. The SMILES string of the molecule is O=C(CN1CCC(NCC(O)C2COc3ccccc3O2)CC1)Nc1ccc2c(c1)OCO2. The van der Waals surface area contributed by atoms with E-state index in [-0.39, 0.29) is 12.7 Å². The Labute approximate surface area is 192 Å². The van der Waals surface area contributed by atoms with Crippen molar-refractivity contribution in [2.24, 2.45) is 0 Å². The summed E-state index contributed by atoms with van der Waals surface area (Å²) in [6.07, 6.45) is 0.764. The largest absolute Gasteiger partial charge is 0.486 e. The van der Waals surface area contributed by atoms with E-state index in [9.17, 15) is 9.90 Å². The number of nitrogens with one attached hydrogen (secondary N) is 2. The number of rotatable bonds is 7. The van der Waals surface area contributed by atoms with Gasteiger partial charge in [-0.2, -0.15) is 0 Å². The van der Waals surface area contributed by atoms with E-state index in [4.69, 9.17) is 18.9 Å². The fourth-order valence-electron chi connectivity index (χ4n) is 4.32. The minimum atomic E-state index is -0.663. The average molecular weight is 456 g/mol. The van der Waals surface area contributed by atoms with Crippen molar-refractivity contribution in [2.75, 3.05) is 44.9 Å². The van der Waals surface area contributed by atoms with Crippen LogP contribution < -0.4 is 29.6 Å². The molecular weight excluding hydrogens is 426 g/mol. The van der Waals surface area contributed by atoms with E-state index >= 15 is 0 Å². The number of benzene rings is 2. The lowest BCUT2D eigenvalue weighted by atomic mass is 10.0. The van der Waals surface area contributed by atoms with Crippen LogP contribution in [0.25, 0.3) is 0 Å². The van der Waals surface area contributed by atoms with Gasteiger partial charge in [0.05, 0.1) is 6.54 Å². The van der Waals surface area contributed by atoms with E-state index in [1.54, 1.807) is 12.1 Å². The maximum absolute atomic E-state index is 12.4. The van der Waals surface area contributed by atoms with Crippen LogP contribution in [0, 0.1) is 0 Å². The maximum atomic E-state index is 12.4. The van der Waals surface area contributed by atoms with E-state index in [1.165, 1.54) is 0 Å². The number of hydrogen-bond acceptors (Lipinski definition) is 8. The zero-order chi connectivity index (χ0) is 22.6. The summed E-state index contributed by atoms with van der Waals surface area (Å²) in [5, 5.41) is 16.9. The van der Waals surface area contributed by atoms with Crippen LogP contribution >= 0.6 is 0 Å². The third-order valence-corrected chi connectivity index (χ3v) is 6.19. The number of piperidine rings is 1. The summed E-state index contributed by atoms with van der Waals surface area (Å²) < 4.78 is 22.2. The monoisotopic (exact) mass is 455 g/mol. The van der Waals surface area contributed by atoms with Gasteiger partial charge in [-0.1, -0.05) is 12.1 Å². The molecule has 5 rings (SSSR count). The zero-order valence-electron chi connectivity index (χ0n) is 18.4. The van der Waals surface area contributed by atoms with Gasteiger partial charge in [0, 0.05) is 37.4 Å². The molecule has 176 valence electrons. The molecule has 2 aromatic carbocycles. The van der Waals surface area contributed by atoms with Gasteiger partial charge < -0.3 is 34.7 Å². The number of fused-ring (bicyclic) bond motifs is 2. The second kappa shape index (κ2) is 9.86. The molecule has 1 fully saturated rings. The standard InChI is InChI=1S/C24H29N3O6/c28-18(23-14-30-19-3-1-2-4-21(19)33-23)12-25-16-7-9-27(10-8-16)13-24(29)26-17-5-6-20-22(11-17)32-15-31-20/h1-6,11,16,18,23,25,28H,7-10,12-15H2,(H,26,29). The smallest absolute Gasteiger partial charge is 0.238 e. The Morgan fingerprint density at radius 3 is 2.64 bits per heavy atom. The van der Waals surface area contributed by atoms with Crippen LogP contribution in [-0.4, -0.2) is 73.7 Å². The highest BCUT2D eigenvalue weighted by Gasteiger charge is 2.29. The predicted molar refractivity (Wildman–Crippen MR) is 121 cm³/mol. The third-order valence-electron chi connectivity index (χ3n) is 6.19. The summed E-state index contributed by atoms with van der Waals surface area (Å²) in [5.41, 5.74) is 0.700. The molecule has 0 radical (unpaired) electrons. The molecule has 9 heteroatoms.